The van der Waals surface area contributed by atoms with E-state index in [0.29, 0.717) is 16.7 Å². The van der Waals surface area contributed by atoms with E-state index in [1.165, 1.54) is 17.4 Å². The normalized spacial score (nSPS) is 11.2. The molecule has 4 aromatic heterocycles. The topological polar surface area (TPSA) is 115 Å². The van der Waals surface area contributed by atoms with Gasteiger partial charge in [0.15, 0.2) is 0 Å². The molecule has 0 spiro atoms. The molecule has 7 nitrogen and oxygen atoms in total. The molecule has 0 radical (unpaired) electrons. The van der Waals surface area contributed by atoms with Crippen LogP contribution in [0.25, 0.3) is 43.6 Å². The van der Waals surface area contributed by atoms with E-state index in [-0.39, 0.29) is 5.56 Å². The number of nitrogens with two attached hydrogens (primary N) is 1. The van der Waals surface area contributed by atoms with Crippen LogP contribution in [0.4, 0.5) is 0 Å². The largest absolute Gasteiger partial charge is 0.366 e. The van der Waals surface area contributed by atoms with Crippen molar-refractivity contribution in [1.29, 1.82) is 0 Å². The summed E-state index contributed by atoms with van der Waals surface area (Å²) in [4.78, 5) is 41.0. The maximum absolute atomic E-state index is 12.0. The smallest absolute Gasteiger partial charge is 0.250 e. The Morgan fingerprint density at radius 2 is 2.00 bits per heavy atom. The van der Waals surface area contributed by atoms with Crippen molar-refractivity contribution in [2.24, 2.45) is 5.73 Å². The highest BCUT2D eigenvalue weighted by Gasteiger charge is 2.18. The van der Waals surface area contributed by atoms with Crippen molar-refractivity contribution in [3.05, 3.63) is 75.8 Å². The van der Waals surface area contributed by atoms with Gasteiger partial charge in [-0.2, -0.15) is 0 Å². The number of fused-ring (bicyclic) bond motifs is 2. The zero-order valence-corrected chi connectivity index (χ0v) is 16.7. The van der Waals surface area contributed by atoms with Gasteiger partial charge < -0.3 is 10.7 Å². The molecular formula is C22H15N5O2S. The molecule has 0 fully saturated rings. The highest BCUT2D eigenvalue weighted by Crippen LogP contribution is 2.36. The fourth-order valence-electron chi connectivity index (χ4n) is 3.50. The molecule has 0 atom stereocenters. The molecule has 0 aliphatic heterocycles. The van der Waals surface area contributed by atoms with Crippen molar-refractivity contribution < 1.29 is 4.79 Å². The molecule has 4 heterocycles. The minimum Gasteiger partial charge on any atom is -0.366 e. The van der Waals surface area contributed by atoms with E-state index in [1.54, 1.807) is 12.4 Å². The monoisotopic (exact) mass is 413 g/mol. The molecule has 0 aliphatic rings. The summed E-state index contributed by atoms with van der Waals surface area (Å²) < 4.78 is 0. The van der Waals surface area contributed by atoms with Gasteiger partial charge in [0.05, 0.1) is 26.7 Å². The van der Waals surface area contributed by atoms with Crippen LogP contribution >= 0.6 is 11.3 Å². The molecule has 0 aliphatic carbocycles. The molecule has 8 heteroatoms. The Kier molecular flexibility index (Phi) is 4.14. The van der Waals surface area contributed by atoms with Crippen LogP contribution in [0.3, 0.4) is 0 Å². The quantitative estimate of drug-likeness (QED) is 0.468. The van der Waals surface area contributed by atoms with E-state index < -0.39 is 11.5 Å². The van der Waals surface area contributed by atoms with Crippen LogP contribution in [-0.2, 0) is 0 Å². The molecule has 1 amide bonds. The summed E-state index contributed by atoms with van der Waals surface area (Å²) in [5.74, 6) is -0.678. The third-order valence-corrected chi connectivity index (χ3v) is 5.78. The molecular weight excluding hydrogens is 398 g/mol. The first-order valence-electron chi connectivity index (χ1n) is 9.15. The highest BCUT2D eigenvalue weighted by molar-refractivity contribution is 7.15. The lowest BCUT2D eigenvalue weighted by molar-refractivity contribution is 0.100. The Hall–Kier alpha value is -3.91. The molecule has 146 valence electrons. The van der Waals surface area contributed by atoms with Crippen LogP contribution in [0.15, 0.2) is 59.7 Å². The first kappa shape index (κ1) is 18.1. The second kappa shape index (κ2) is 6.85. The van der Waals surface area contributed by atoms with E-state index in [4.69, 9.17) is 10.7 Å². The Morgan fingerprint density at radius 1 is 1.13 bits per heavy atom. The van der Waals surface area contributed by atoms with Gasteiger partial charge in [-0.3, -0.25) is 14.6 Å². The molecule has 0 unspecified atom stereocenters. The minimum absolute atomic E-state index is 0.136. The Balaban J connectivity index is 1.87. The summed E-state index contributed by atoms with van der Waals surface area (Å²) >= 11 is 1.51. The number of nitrogens with one attached hydrogen (secondary N) is 1. The zero-order chi connectivity index (χ0) is 20.8. The first-order valence-corrected chi connectivity index (χ1v) is 9.97. The summed E-state index contributed by atoms with van der Waals surface area (Å²) in [6.07, 6.45) is 3.51. The Bertz CT molecular complexity index is 1520. The van der Waals surface area contributed by atoms with E-state index >= 15 is 0 Å². The zero-order valence-electron chi connectivity index (χ0n) is 15.8. The third-order valence-electron chi connectivity index (χ3n) is 4.86. The van der Waals surface area contributed by atoms with Crippen LogP contribution in [0, 0.1) is 6.92 Å². The fraction of sp³-hybridized carbons (Fsp3) is 0.0455. The van der Waals surface area contributed by atoms with Crippen molar-refractivity contribution in [3.8, 4) is 21.7 Å². The number of carbonyl (C=O) groups excluding carboxylic acids is 1. The minimum atomic E-state index is -0.678. The molecule has 3 N–H and O–H groups in total. The first-order chi connectivity index (χ1) is 14.5. The van der Waals surface area contributed by atoms with Crippen molar-refractivity contribution >= 4 is 39.2 Å². The lowest BCUT2D eigenvalue weighted by atomic mass is 9.98. The highest BCUT2D eigenvalue weighted by atomic mass is 32.1. The molecule has 5 rings (SSSR count). The van der Waals surface area contributed by atoms with Crippen LogP contribution in [0.2, 0.25) is 0 Å². The number of amides is 1. The number of nitrogens with zero attached hydrogens (tertiary/aromatic N) is 3. The third kappa shape index (κ3) is 3.03. The van der Waals surface area contributed by atoms with Crippen LogP contribution in [-0.4, -0.2) is 25.8 Å². The number of pyridine rings is 3. The molecule has 1 aromatic carbocycles. The van der Waals surface area contributed by atoms with Gasteiger partial charge >= 0.3 is 0 Å². The number of H-pyrrole nitrogens is 1. The second-order valence-electron chi connectivity index (χ2n) is 6.85. The maximum atomic E-state index is 12.0. The van der Waals surface area contributed by atoms with Gasteiger partial charge in [0.1, 0.15) is 5.65 Å². The van der Waals surface area contributed by atoms with E-state index in [0.717, 1.165) is 31.9 Å². The number of carbonyl (C=O) groups is 1. The van der Waals surface area contributed by atoms with Crippen LogP contribution < -0.4 is 11.3 Å². The van der Waals surface area contributed by atoms with Gasteiger partial charge in [0.25, 0.3) is 0 Å². The fourth-order valence-corrected chi connectivity index (χ4v) is 4.28. The number of rotatable bonds is 3. The average molecular weight is 413 g/mol. The standard InChI is InChI=1S/C22H15N5O2S/c1-11-25-10-18(30-11)20-14(12-4-5-17-13(7-12)3-2-6-24-17)8-16-15(21(23)29)9-19(28)26-22(16)27-20/h2-10H,1H3,(H2,23,29)(H,26,27,28). The lowest BCUT2D eigenvalue weighted by Crippen LogP contribution is -2.17. The molecule has 0 saturated carbocycles. The number of hydrogen-bond donors (Lipinski definition) is 2. The molecule has 0 bridgehead atoms. The number of primary amides is 1. The Morgan fingerprint density at radius 3 is 2.77 bits per heavy atom. The predicted molar refractivity (Wildman–Crippen MR) is 117 cm³/mol. The van der Waals surface area contributed by atoms with Gasteiger partial charge in [-0.25, -0.2) is 9.97 Å². The van der Waals surface area contributed by atoms with Crippen LogP contribution in [0.1, 0.15) is 15.4 Å². The SMILES string of the molecule is Cc1ncc(-c2nc3[nH]c(=O)cc(C(N)=O)c3cc2-c2ccc3ncccc3c2)s1. The average Bonchev–Trinajstić information content (AvgIpc) is 3.18. The number of hydrogen-bond acceptors (Lipinski definition) is 6. The number of thiazole rings is 1. The van der Waals surface area contributed by atoms with Crippen molar-refractivity contribution in [2.75, 3.05) is 0 Å². The van der Waals surface area contributed by atoms with Gasteiger partial charge in [-0.15, -0.1) is 11.3 Å². The van der Waals surface area contributed by atoms with Gasteiger partial charge in [-0.1, -0.05) is 12.1 Å². The number of benzene rings is 1. The maximum Gasteiger partial charge on any atom is 0.250 e. The number of aryl methyl sites for hydroxylation is 1. The van der Waals surface area contributed by atoms with Crippen molar-refractivity contribution in [3.63, 3.8) is 0 Å². The second-order valence-corrected chi connectivity index (χ2v) is 8.08. The summed E-state index contributed by atoms with van der Waals surface area (Å²) in [7, 11) is 0. The van der Waals surface area contributed by atoms with Crippen molar-refractivity contribution in [2.45, 2.75) is 6.92 Å². The van der Waals surface area contributed by atoms with E-state index in [2.05, 4.69) is 15.0 Å². The van der Waals surface area contributed by atoms with Gasteiger partial charge in [0.2, 0.25) is 11.5 Å². The predicted octanol–water partition coefficient (Wildman–Crippen LogP) is 3.67. The summed E-state index contributed by atoms with van der Waals surface area (Å²) in [6.45, 7) is 1.92. The molecule has 0 saturated heterocycles. The van der Waals surface area contributed by atoms with Crippen molar-refractivity contribution in [1.82, 2.24) is 19.9 Å². The Labute approximate surface area is 174 Å². The number of aromatic nitrogens is 4. The lowest BCUT2D eigenvalue weighted by Gasteiger charge is -2.12. The van der Waals surface area contributed by atoms with Crippen LogP contribution in [0.5, 0.6) is 0 Å². The summed E-state index contributed by atoms with van der Waals surface area (Å²) in [6, 6.07) is 12.9. The van der Waals surface area contributed by atoms with E-state index in [9.17, 15) is 9.59 Å². The molecule has 5 aromatic rings. The van der Waals surface area contributed by atoms with E-state index in [1.807, 2.05) is 43.3 Å². The molecule has 30 heavy (non-hydrogen) atoms. The summed E-state index contributed by atoms with van der Waals surface area (Å²) in [5.41, 5.74) is 8.82. The van der Waals surface area contributed by atoms with Gasteiger partial charge in [0, 0.05) is 34.8 Å². The summed E-state index contributed by atoms with van der Waals surface area (Å²) in [5, 5.41) is 2.38. The van der Waals surface area contributed by atoms with Gasteiger partial charge in [-0.05, 0) is 36.8 Å². The number of aromatic amines is 1.